The molecule has 2 aromatic carbocycles. The van der Waals surface area contributed by atoms with Crippen LogP contribution in [-0.2, 0) is 4.79 Å². The number of hydrogen-bond acceptors (Lipinski definition) is 3. The smallest absolute Gasteiger partial charge is 0.322 e. The summed E-state index contributed by atoms with van der Waals surface area (Å²) in [5, 5.41) is 15.0. The van der Waals surface area contributed by atoms with Crippen molar-refractivity contribution in [2.75, 3.05) is 0 Å². The molecule has 5 heteroatoms. The van der Waals surface area contributed by atoms with Gasteiger partial charge in [0.15, 0.2) is 0 Å². The normalized spacial score (nSPS) is 18.4. The molecule has 2 aromatic rings. The van der Waals surface area contributed by atoms with Crippen LogP contribution in [0.5, 0.6) is 0 Å². The molecular formula is C18H18N2O3. The molecule has 0 radical (unpaired) electrons. The monoisotopic (exact) mass is 310 g/mol. The van der Waals surface area contributed by atoms with Gasteiger partial charge in [0.1, 0.15) is 6.04 Å². The van der Waals surface area contributed by atoms with Gasteiger partial charge in [0.2, 0.25) is 0 Å². The van der Waals surface area contributed by atoms with Gasteiger partial charge in [0, 0.05) is 6.42 Å². The Balaban J connectivity index is 1.77. The van der Waals surface area contributed by atoms with E-state index in [4.69, 9.17) is 0 Å². The summed E-state index contributed by atoms with van der Waals surface area (Å²) in [6.45, 7) is 1.99. The molecule has 5 nitrogen and oxygen atoms in total. The van der Waals surface area contributed by atoms with Gasteiger partial charge in [-0.2, -0.15) is 0 Å². The average molecular weight is 310 g/mol. The highest BCUT2D eigenvalue weighted by molar-refractivity contribution is 6.04. The fourth-order valence-electron chi connectivity index (χ4n) is 2.82. The van der Waals surface area contributed by atoms with E-state index in [9.17, 15) is 14.7 Å². The van der Waals surface area contributed by atoms with Crippen LogP contribution in [0.3, 0.4) is 0 Å². The molecule has 0 saturated carbocycles. The maximum absolute atomic E-state index is 11.6. The maximum atomic E-state index is 11.6. The van der Waals surface area contributed by atoms with Crippen LogP contribution in [-0.4, -0.2) is 23.1 Å². The number of carbonyl (C=O) groups excluding carboxylic acids is 2. The third-order valence-electron chi connectivity index (χ3n) is 4.04. The Labute approximate surface area is 134 Å². The number of rotatable bonds is 4. The number of imide groups is 1. The number of amides is 3. The molecule has 0 aliphatic carbocycles. The van der Waals surface area contributed by atoms with Crippen LogP contribution < -0.4 is 10.6 Å². The summed E-state index contributed by atoms with van der Waals surface area (Å²) in [5.74, 6) is -0.397. The van der Waals surface area contributed by atoms with E-state index in [-0.39, 0.29) is 6.42 Å². The zero-order valence-electron chi connectivity index (χ0n) is 12.7. The van der Waals surface area contributed by atoms with E-state index >= 15 is 0 Å². The Bertz CT molecular complexity index is 743. The summed E-state index contributed by atoms with van der Waals surface area (Å²) < 4.78 is 0. The SMILES string of the molecule is Cc1cc([C@H](O)C[C@H]2NC(=O)NC2=O)ccc1-c1ccccc1. The number of aliphatic hydroxyl groups is 1. The number of benzene rings is 2. The third-order valence-corrected chi connectivity index (χ3v) is 4.04. The molecule has 1 heterocycles. The Kier molecular flexibility index (Phi) is 4.12. The zero-order valence-corrected chi connectivity index (χ0v) is 12.7. The lowest BCUT2D eigenvalue weighted by molar-refractivity contribution is -0.120. The summed E-state index contributed by atoms with van der Waals surface area (Å²) >= 11 is 0. The molecule has 23 heavy (non-hydrogen) atoms. The summed E-state index contributed by atoms with van der Waals surface area (Å²) in [5.41, 5.74) is 4.01. The molecule has 1 saturated heterocycles. The molecule has 3 rings (SSSR count). The highest BCUT2D eigenvalue weighted by Crippen LogP contribution is 2.27. The van der Waals surface area contributed by atoms with E-state index in [1.54, 1.807) is 0 Å². The molecule has 0 bridgehead atoms. The molecule has 2 atom stereocenters. The van der Waals surface area contributed by atoms with E-state index in [0.29, 0.717) is 0 Å². The van der Waals surface area contributed by atoms with E-state index in [1.807, 2.05) is 55.5 Å². The Hall–Kier alpha value is -2.66. The second kappa shape index (κ2) is 6.22. The van der Waals surface area contributed by atoms with E-state index < -0.39 is 24.1 Å². The lowest BCUT2D eigenvalue weighted by Gasteiger charge is -2.16. The second-order valence-electron chi connectivity index (χ2n) is 5.71. The van der Waals surface area contributed by atoms with Crippen molar-refractivity contribution >= 4 is 11.9 Å². The highest BCUT2D eigenvalue weighted by Gasteiger charge is 2.31. The third kappa shape index (κ3) is 3.24. The first-order valence-corrected chi connectivity index (χ1v) is 7.50. The van der Waals surface area contributed by atoms with Gasteiger partial charge in [-0.25, -0.2) is 4.79 Å². The van der Waals surface area contributed by atoms with Crippen molar-refractivity contribution in [3.05, 3.63) is 59.7 Å². The predicted octanol–water partition coefficient (Wildman–Crippen LogP) is 2.29. The maximum Gasteiger partial charge on any atom is 0.322 e. The first-order chi connectivity index (χ1) is 11.0. The van der Waals surface area contributed by atoms with Crippen molar-refractivity contribution in [1.29, 1.82) is 0 Å². The summed E-state index contributed by atoms with van der Waals surface area (Å²) in [6, 6.07) is 14.6. The lowest BCUT2D eigenvalue weighted by atomic mass is 9.95. The quantitative estimate of drug-likeness (QED) is 0.758. The number of aliphatic hydroxyl groups excluding tert-OH is 1. The standard InChI is InChI=1S/C18H18N2O3/c1-11-9-13(7-8-14(11)12-5-3-2-4-6-12)16(21)10-15-17(22)20-18(23)19-15/h2-9,15-16,21H,10H2,1H3,(H2,19,20,22,23)/t15-,16-/m1/s1. The summed E-state index contributed by atoms with van der Waals surface area (Å²) in [7, 11) is 0. The number of carbonyl (C=O) groups is 2. The summed E-state index contributed by atoms with van der Waals surface area (Å²) in [6.07, 6.45) is -0.658. The predicted molar refractivity (Wildman–Crippen MR) is 86.7 cm³/mol. The van der Waals surface area contributed by atoms with Gasteiger partial charge in [-0.05, 0) is 29.2 Å². The van der Waals surface area contributed by atoms with Gasteiger partial charge in [-0.15, -0.1) is 0 Å². The van der Waals surface area contributed by atoms with Gasteiger partial charge in [-0.3, -0.25) is 10.1 Å². The topological polar surface area (TPSA) is 78.4 Å². The minimum absolute atomic E-state index is 0.154. The Morgan fingerprint density at radius 2 is 1.87 bits per heavy atom. The fourth-order valence-corrected chi connectivity index (χ4v) is 2.82. The molecular weight excluding hydrogens is 292 g/mol. The van der Waals surface area contributed by atoms with Crippen LogP contribution in [0.4, 0.5) is 4.79 Å². The minimum Gasteiger partial charge on any atom is -0.388 e. The van der Waals surface area contributed by atoms with Gasteiger partial charge >= 0.3 is 6.03 Å². The van der Waals surface area contributed by atoms with Crippen molar-refractivity contribution in [3.8, 4) is 11.1 Å². The molecule has 1 fully saturated rings. The molecule has 0 aromatic heterocycles. The van der Waals surface area contributed by atoms with Crippen LogP contribution in [0.2, 0.25) is 0 Å². The Morgan fingerprint density at radius 3 is 2.48 bits per heavy atom. The molecule has 0 spiro atoms. The highest BCUT2D eigenvalue weighted by atomic mass is 16.3. The van der Waals surface area contributed by atoms with E-state index in [1.165, 1.54) is 0 Å². The summed E-state index contributed by atoms with van der Waals surface area (Å²) in [4.78, 5) is 22.7. The second-order valence-corrected chi connectivity index (χ2v) is 5.71. The van der Waals surface area contributed by atoms with Crippen molar-refractivity contribution in [2.45, 2.75) is 25.5 Å². The number of aryl methyl sites for hydroxylation is 1. The van der Waals surface area contributed by atoms with E-state index in [0.717, 1.165) is 22.3 Å². The first kappa shape index (κ1) is 15.2. The lowest BCUT2D eigenvalue weighted by Crippen LogP contribution is -2.30. The number of urea groups is 1. The van der Waals surface area contributed by atoms with Crippen molar-refractivity contribution in [1.82, 2.24) is 10.6 Å². The van der Waals surface area contributed by atoms with Crippen LogP contribution >= 0.6 is 0 Å². The first-order valence-electron chi connectivity index (χ1n) is 7.50. The molecule has 118 valence electrons. The number of nitrogens with one attached hydrogen (secondary N) is 2. The fraction of sp³-hybridized carbons (Fsp3) is 0.222. The van der Waals surface area contributed by atoms with E-state index in [2.05, 4.69) is 10.6 Å². The van der Waals surface area contributed by atoms with Crippen LogP contribution in [0.15, 0.2) is 48.5 Å². The van der Waals surface area contributed by atoms with Crippen LogP contribution in [0.25, 0.3) is 11.1 Å². The van der Waals surface area contributed by atoms with Gasteiger partial charge in [-0.1, -0.05) is 48.5 Å². The van der Waals surface area contributed by atoms with Gasteiger partial charge < -0.3 is 10.4 Å². The van der Waals surface area contributed by atoms with Crippen molar-refractivity contribution in [3.63, 3.8) is 0 Å². The molecule has 1 aliphatic rings. The molecule has 3 amide bonds. The van der Waals surface area contributed by atoms with Crippen molar-refractivity contribution < 1.29 is 14.7 Å². The van der Waals surface area contributed by atoms with Crippen LogP contribution in [0, 0.1) is 6.92 Å². The minimum atomic E-state index is -0.812. The van der Waals surface area contributed by atoms with Gasteiger partial charge in [0.25, 0.3) is 5.91 Å². The van der Waals surface area contributed by atoms with Gasteiger partial charge in [0.05, 0.1) is 6.10 Å². The average Bonchev–Trinajstić information content (AvgIpc) is 2.85. The molecule has 3 N–H and O–H groups in total. The molecule has 1 aliphatic heterocycles. The van der Waals surface area contributed by atoms with Crippen LogP contribution in [0.1, 0.15) is 23.7 Å². The largest absolute Gasteiger partial charge is 0.388 e. The molecule has 0 unspecified atom stereocenters. The Morgan fingerprint density at radius 1 is 1.13 bits per heavy atom. The zero-order chi connectivity index (χ0) is 16.4. The number of hydrogen-bond donors (Lipinski definition) is 3. The van der Waals surface area contributed by atoms with Crippen molar-refractivity contribution in [2.24, 2.45) is 0 Å².